The average molecular weight is 1440 g/mol. The number of aliphatic carboxylic acids is 3. The number of benzene rings is 2. The second-order valence-electron chi connectivity index (χ2n) is 24.3. The van der Waals surface area contributed by atoms with Gasteiger partial charge in [0.2, 0.25) is 70.9 Å². The zero-order valence-corrected chi connectivity index (χ0v) is 57.7. The first-order chi connectivity index (χ1) is 46.8. The number of nitrogens with one attached hydrogen (secondary N) is 13. The van der Waals surface area contributed by atoms with Crippen LogP contribution in [0.1, 0.15) is 84.8 Å². The molecule has 0 bridgehead atoms. The third-order valence-electron chi connectivity index (χ3n) is 16.1. The third-order valence-corrected chi connectivity index (χ3v) is 17.2. The fourth-order valence-electron chi connectivity index (χ4n) is 10.8. The molecule has 0 aliphatic carbocycles. The minimum absolute atomic E-state index is 0.105. The Morgan fingerprint density at radius 3 is 1.47 bits per heavy atom. The maximum absolute atomic E-state index is 14.6. The molecule has 1 aliphatic heterocycles. The van der Waals surface area contributed by atoms with Crippen molar-refractivity contribution < 1.29 is 92.3 Å². The van der Waals surface area contributed by atoms with Crippen molar-refractivity contribution in [3.63, 3.8) is 0 Å². The first-order valence-corrected chi connectivity index (χ1v) is 33.5. The van der Waals surface area contributed by atoms with E-state index in [2.05, 4.69) is 106 Å². The molecule has 1 fully saturated rings. The Morgan fingerprint density at radius 2 is 0.970 bits per heavy atom. The summed E-state index contributed by atoms with van der Waals surface area (Å²) in [4.78, 5) is 209. The van der Waals surface area contributed by atoms with Gasteiger partial charge in [-0.1, -0.05) is 64.1 Å². The lowest BCUT2D eigenvalue weighted by atomic mass is 9.99. The van der Waals surface area contributed by atoms with Crippen LogP contribution in [0.25, 0.3) is 21.8 Å². The summed E-state index contributed by atoms with van der Waals surface area (Å²) >= 11 is 12.3. The molecule has 36 heteroatoms. The number of likely N-dealkylation sites (tertiary alicyclic amines) is 1. The Hall–Kier alpha value is -9.42. The summed E-state index contributed by atoms with van der Waals surface area (Å²) in [6.45, 7) is 7.73. The highest BCUT2D eigenvalue weighted by Gasteiger charge is 2.42. The first kappa shape index (κ1) is 80.3. The Balaban J connectivity index is 1.33. The fraction of sp³-hybridized carbons (Fsp3) is 0.508. The minimum atomic E-state index is -1.92. The first-order valence-electron chi connectivity index (χ1n) is 31.6. The smallest absolute Gasteiger partial charge is 0.327 e. The number of para-hydroxylation sites is 2. The van der Waals surface area contributed by atoms with Crippen LogP contribution in [0.5, 0.6) is 0 Å². The van der Waals surface area contributed by atoms with Gasteiger partial charge < -0.3 is 93.8 Å². The number of rotatable bonds is 38. The van der Waals surface area contributed by atoms with Crippen LogP contribution in [0, 0.1) is 11.8 Å². The molecule has 99 heavy (non-hydrogen) atoms. The van der Waals surface area contributed by atoms with Gasteiger partial charge in [-0.2, -0.15) is 37.9 Å². The molecule has 1 aliphatic rings. The van der Waals surface area contributed by atoms with Crippen molar-refractivity contribution in [3.8, 4) is 0 Å². The summed E-state index contributed by atoms with van der Waals surface area (Å²) in [5.74, 6) is -18.1. The summed E-state index contributed by atoms with van der Waals surface area (Å²) in [7, 11) is 0. The number of hydrogen-bond donors (Lipinski definition) is 20. The Labute approximate surface area is 584 Å². The number of aromatic amines is 2. The summed E-state index contributed by atoms with van der Waals surface area (Å²) in [6.07, 6.45) is -0.693. The van der Waals surface area contributed by atoms with Crippen molar-refractivity contribution in [2.24, 2.45) is 11.8 Å². The van der Waals surface area contributed by atoms with Gasteiger partial charge in [0.25, 0.3) is 0 Å². The zero-order chi connectivity index (χ0) is 73.5. The van der Waals surface area contributed by atoms with Gasteiger partial charge in [0.15, 0.2) is 0 Å². The third kappa shape index (κ3) is 23.4. The molecule has 4 aromatic rings. The molecule has 2 aromatic carbocycles. The molecular weight excluding hydrogens is 1350 g/mol. The number of carboxylic acid groups (broad SMARTS) is 3. The Bertz CT molecular complexity index is 3620. The highest BCUT2D eigenvalue weighted by molar-refractivity contribution is 7.80. The highest BCUT2D eigenvalue weighted by Crippen LogP contribution is 2.24. The second kappa shape index (κ2) is 38.1. The van der Waals surface area contributed by atoms with Gasteiger partial charge in [0.1, 0.15) is 66.5 Å². The van der Waals surface area contributed by atoms with Crippen LogP contribution >= 0.6 is 37.9 Å². The van der Waals surface area contributed by atoms with E-state index < -0.39 is 205 Å². The SMILES string of the molecule is CC(=O)N[C@@H](CS)C(=O)N[C@H](C(=O)N[C@@H](CCC(=O)O)C(=O)N[C@@H](CS)C(=O)N[C@@H](Cc1c[nH]c2ccccc12)C(=O)N[C@H](C(=O)N[C@@H](CC(=O)O)C(=O)NCC(=O)N[C@@H](Cc1c[nH]c2ccccc12)C(=O)N[C@H](C(=O)N1CCC[C@H]1C(=O)N[C@@H](CS)C(=O)O)C(C)C)C(C)C)[C@@H](C)O. The average Bonchev–Trinajstić information content (AvgIpc) is 1.77. The molecular formula is C63H86N14O19S3. The minimum Gasteiger partial charge on any atom is -0.481 e. The molecule has 3 heterocycles. The number of aliphatic hydroxyl groups excluding tert-OH is 1. The Morgan fingerprint density at radius 1 is 0.515 bits per heavy atom. The number of carbonyl (C=O) groups excluding carboxylic acids is 12. The molecule has 2 aromatic heterocycles. The van der Waals surface area contributed by atoms with Crippen LogP contribution in [0.4, 0.5) is 0 Å². The maximum atomic E-state index is 14.6. The van der Waals surface area contributed by atoms with Gasteiger partial charge in [0.05, 0.1) is 19.1 Å². The van der Waals surface area contributed by atoms with E-state index in [9.17, 15) is 92.3 Å². The van der Waals surface area contributed by atoms with E-state index in [-0.39, 0.29) is 37.3 Å². The molecule has 33 nitrogen and oxygen atoms in total. The standard InChI is InChI=1S/C63H86N14O19S3/c1-29(2)50(74-56(88)41(21-34-24-65-38-15-10-8-13-36(34)38)70-57(89)44(27-98)72-54(86)39(17-18-48(81)82)69-61(93)52(31(5)78)76-58(90)43(26-97)67-32(6)79)60(92)71-42(22-49(83)84)53(85)66-25-47(80)68-40(20-33-23-64-37-14-9-7-12-35(33)37)55(87)75-51(30(3)4)62(94)77-19-11-16-46(77)59(91)73-45(28-99)63(95)96/h7-10,12-15,23-24,29-31,39-46,50-52,64-65,78,97-99H,11,16-22,25-28H2,1-6H3,(H,66,85)(H,67,79)(H,68,80)(H,69,93)(H,70,89)(H,71,92)(H,72,86)(H,73,91)(H,74,88)(H,75,87)(H,76,90)(H,81,82)(H,83,84)(H,95,96)/t31-,39+,40+,41+,42+,43+,44+,45+,46+,50+,51+,52+/m1/s1. The van der Waals surface area contributed by atoms with Crippen molar-refractivity contribution in [2.45, 2.75) is 159 Å². The number of amides is 12. The predicted octanol–water partition coefficient (Wildman–Crippen LogP) is -2.68. The Kier molecular flexibility index (Phi) is 30.9. The van der Waals surface area contributed by atoms with Crippen LogP contribution in [-0.2, 0) is 84.8 Å². The lowest BCUT2D eigenvalue weighted by molar-refractivity contribution is -0.145. The highest BCUT2D eigenvalue weighted by atomic mass is 32.1. The number of fused-ring (bicyclic) bond motifs is 2. The number of carbonyl (C=O) groups is 15. The van der Waals surface area contributed by atoms with Crippen LogP contribution in [-0.4, -0.2) is 227 Å². The van der Waals surface area contributed by atoms with Crippen molar-refractivity contribution in [3.05, 3.63) is 72.1 Å². The fourth-order valence-corrected chi connectivity index (χ4v) is 11.5. The quantitative estimate of drug-likeness (QED) is 0.0203. The maximum Gasteiger partial charge on any atom is 0.327 e. The van der Waals surface area contributed by atoms with E-state index in [1.165, 1.54) is 18.7 Å². The summed E-state index contributed by atoms with van der Waals surface area (Å²) < 4.78 is 0. The largest absolute Gasteiger partial charge is 0.481 e. The van der Waals surface area contributed by atoms with Gasteiger partial charge in [-0.3, -0.25) is 67.1 Å². The van der Waals surface area contributed by atoms with Crippen LogP contribution in [0.3, 0.4) is 0 Å². The topological polar surface area (TPSA) is 504 Å². The summed E-state index contributed by atoms with van der Waals surface area (Å²) in [5, 5.41) is 67.5. The molecule has 5 rings (SSSR count). The molecule has 540 valence electrons. The number of aromatic nitrogens is 2. The lowest BCUT2D eigenvalue weighted by Gasteiger charge is -2.32. The van der Waals surface area contributed by atoms with Crippen LogP contribution in [0.15, 0.2) is 60.9 Å². The van der Waals surface area contributed by atoms with E-state index in [1.807, 2.05) is 0 Å². The van der Waals surface area contributed by atoms with Gasteiger partial charge in [-0.05, 0) is 61.3 Å². The molecule has 12 atom stereocenters. The molecule has 0 saturated carbocycles. The normalized spacial score (nSPS) is 16.2. The molecule has 17 N–H and O–H groups in total. The van der Waals surface area contributed by atoms with Crippen molar-refractivity contribution in [2.75, 3.05) is 30.3 Å². The van der Waals surface area contributed by atoms with Crippen LogP contribution < -0.4 is 58.5 Å². The van der Waals surface area contributed by atoms with Crippen LogP contribution in [0.2, 0.25) is 0 Å². The molecule has 0 spiro atoms. The summed E-state index contributed by atoms with van der Waals surface area (Å²) in [6, 6.07) is -2.71. The van der Waals surface area contributed by atoms with Gasteiger partial charge in [-0.25, -0.2) is 4.79 Å². The summed E-state index contributed by atoms with van der Waals surface area (Å²) in [5.41, 5.74) is 2.33. The number of thiol groups is 3. The second-order valence-corrected chi connectivity index (χ2v) is 25.4. The number of H-pyrrole nitrogens is 2. The monoisotopic (exact) mass is 1440 g/mol. The number of carboxylic acids is 3. The van der Waals surface area contributed by atoms with Gasteiger partial charge >= 0.3 is 17.9 Å². The van der Waals surface area contributed by atoms with E-state index in [4.69, 9.17) is 0 Å². The number of nitrogens with zero attached hydrogens (tertiary/aromatic N) is 1. The number of aliphatic hydroxyl groups is 1. The van der Waals surface area contributed by atoms with Crippen molar-refractivity contribution in [1.29, 1.82) is 0 Å². The molecule has 1 saturated heterocycles. The van der Waals surface area contributed by atoms with Gasteiger partial charge in [-0.15, -0.1) is 0 Å². The van der Waals surface area contributed by atoms with Crippen molar-refractivity contribution in [1.82, 2.24) is 73.4 Å². The van der Waals surface area contributed by atoms with Gasteiger partial charge in [0, 0.05) is 84.2 Å². The van der Waals surface area contributed by atoms with Crippen molar-refractivity contribution >= 4 is 148 Å². The molecule has 0 radical (unpaired) electrons. The van der Waals surface area contributed by atoms with E-state index in [1.54, 1.807) is 74.8 Å². The van der Waals surface area contributed by atoms with E-state index in [0.29, 0.717) is 39.4 Å². The van der Waals surface area contributed by atoms with E-state index in [0.717, 1.165) is 13.8 Å². The van der Waals surface area contributed by atoms with E-state index >= 15 is 0 Å². The zero-order valence-electron chi connectivity index (χ0n) is 55.0. The molecule has 12 amide bonds. The predicted molar refractivity (Wildman–Crippen MR) is 366 cm³/mol. The molecule has 0 unspecified atom stereocenters. The lowest BCUT2D eigenvalue weighted by Crippen LogP contribution is -2.62. The number of hydrogen-bond acceptors (Lipinski definition) is 19.